The third-order valence-electron chi connectivity index (χ3n) is 5.62. The van der Waals surface area contributed by atoms with Crippen LogP contribution in [0.5, 0.6) is 0 Å². The van der Waals surface area contributed by atoms with E-state index in [1.165, 1.54) is 4.90 Å². The standard InChI is InChI=1S/C27H26N2O2/c1-18-9-12-22(13-10-18)24-25(28-23-14-11-19(2)17-20(23)3)27(31)29(26(24)30)16-15-21-7-5-4-6-8-21/h4-14,17,28H,15-16H2,1-3H3. The summed E-state index contributed by atoms with van der Waals surface area (Å²) in [6.07, 6.45) is 0.621. The monoisotopic (exact) mass is 410 g/mol. The van der Waals surface area contributed by atoms with Crippen LogP contribution in [-0.4, -0.2) is 23.3 Å². The second-order valence-electron chi connectivity index (χ2n) is 8.06. The van der Waals surface area contributed by atoms with Crippen LogP contribution in [0.1, 0.15) is 27.8 Å². The Hall–Kier alpha value is -3.66. The molecular formula is C27H26N2O2. The summed E-state index contributed by atoms with van der Waals surface area (Å²) in [5, 5.41) is 3.28. The molecule has 31 heavy (non-hydrogen) atoms. The molecule has 0 fully saturated rings. The van der Waals surface area contributed by atoms with Crippen molar-refractivity contribution < 1.29 is 9.59 Å². The molecule has 4 rings (SSSR count). The predicted octanol–water partition coefficient (Wildman–Crippen LogP) is 5.05. The average Bonchev–Trinajstić information content (AvgIpc) is 2.99. The molecule has 0 bridgehead atoms. The predicted molar refractivity (Wildman–Crippen MR) is 125 cm³/mol. The minimum absolute atomic E-state index is 0.253. The Labute approximate surface area is 183 Å². The minimum atomic E-state index is -0.281. The zero-order chi connectivity index (χ0) is 22.0. The Bertz CT molecular complexity index is 1160. The zero-order valence-corrected chi connectivity index (χ0v) is 18.1. The van der Waals surface area contributed by atoms with Gasteiger partial charge in [0.1, 0.15) is 5.70 Å². The number of anilines is 1. The number of amides is 2. The van der Waals surface area contributed by atoms with Gasteiger partial charge in [-0.2, -0.15) is 0 Å². The summed E-state index contributed by atoms with van der Waals surface area (Å²) in [5.74, 6) is -0.534. The number of nitrogens with one attached hydrogen (secondary N) is 1. The molecule has 0 saturated heterocycles. The molecule has 0 radical (unpaired) electrons. The summed E-state index contributed by atoms with van der Waals surface area (Å²) in [6.45, 7) is 6.37. The summed E-state index contributed by atoms with van der Waals surface area (Å²) in [4.78, 5) is 28.1. The van der Waals surface area contributed by atoms with Crippen molar-refractivity contribution in [3.63, 3.8) is 0 Å². The van der Waals surface area contributed by atoms with Gasteiger partial charge in [-0.25, -0.2) is 0 Å². The van der Waals surface area contributed by atoms with Gasteiger partial charge in [0.05, 0.1) is 5.57 Å². The SMILES string of the molecule is Cc1ccc(C2=C(Nc3ccc(C)cc3C)C(=O)N(CCc3ccccc3)C2=O)cc1. The van der Waals surface area contributed by atoms with Crippen molar-refractivity contribution in [1.82, 2.24) is 4.90 Å². The first kappa shape index (κ1) is 20.6. The van der Waals surface area contributed by atoms with Crippen molar-refractivity contribution >= 4 is 23.1 Å². The van der Waals surface area contributed by atoms with Crippen molar-refractivity contribution in [2.24, 2.45) is 0 Å². The van der Waals surface area contributed by atoms with E-state index in [0.717, 1.165) is 33.5 Å². The highest BCUT2D eigenvalue weighted by Crippen LogP contribution is 2.31. The molecule has 0 spiro atoms. The second-order valence-corrected chi connectivity index (χ2v) is 8.06. The number of rotatable bonds is 6. The molecule has 1 heterocycles. The fraction of sp³-hybridized carbons (Fsp3) is 0.185. The molecule has 4 heteroatoms. The molecule has 0 aliphatic carbocycles. The number of carbonyl (C=O) groups is 2. The Morgan fingerprint density at radius 3 is 2.13 bits per heavy atom. The van der Waals surface area contributed by atoms with Crippen LogP contribution in [0, 0.1) is 20.8 Å². The maximum Gasteiger partial charge on any atom is 0.278 e. The maximum atomic E-state index is 13.4. The largest absolute Gasteiger partial charge is 0.350 e. The maximum absolute atomic E-state index is 13.4. The first-order valence-corrected chi connectivity index (χ1v) is 10.5. The number of nitrogens with zero attached hydrogens (tertiary/aromatic N) is 1. The lowest BCUT2D eigenvalue weighted by Gasteiger charge is -2.16. The molecule has 0 unspecified atom stereocenters. The molecule has 1 aliphatic rings. The average molecular weight is 411 g/mol. The molecule has 0 aromatic heterocycles. The van der Waals surface area contributed by atoms with E-state index in [0.29, 0.717) is 24.2 Å². The lowest BCUT2D eigenvalue weighted by atomic mass is 10.0. The van der Waals surface area contributed by atoms with Gasteiger partial charge >= 0.3 is 0 Å². The van der Waals surface area contributed by atoms with Crippen LogP contribution in [0.3, 0.4) is 0 Å². The van der Waals surface area contributed by atoms with Crippen LogP contribution < -0.4 is 5.32 Å². The van der Waals surface area contributed by atoms with E-state index in [1.54, 1.807) is 0 Å². The van der Waals surface area contributed by atoms with Crippen LogP contribution in [-0.2, 0) is 16.0 Å². The summed E-state index contributed by atoms with van der Waals surface area (Å²) >= 11 is 0. The topological polar surface area (TPSA) is 49.4 Å². The van der Waals surface area contributed by atoms with Gasteiger partial charge in [0, 0.05) is 12.2 Å². The first-order chi connectivity index (χ1) is 14.9. The molecule has 156 valence electrons. The fourth-order valence-corrected chi connectivity index (χ4v) is 3.86. The molecule has 3 aromatic carbocycles. The molecule has 1 aliphatic heterocycles. The van der Waals surface area contributed by atoms with Gasteiger partial charge < -0.3 is 5.32 Å². The van der Waals surface area contributed by atoms with Gasteiger partial charge in [0.2, 0.25) is 0 Å². The first-order valence-electron chi connectivity index (χ1n) is 10.5. The molecule has 2 amide bonds. The summed E-state index contributed by atoms with van der Waals surface area (Å²) in [6, 6.07) is 23.6. The van der Waals surface area contributed by atoms with Gasteiger partial charge in [-0.05, 0) is 49.9 Å². The van der Waals surface area contributed by atoms with E-state index in [1.807, 2.05) is 87.5 Å². The minimum Gasteiger partial charge on any atom is -0.350 e. The Balaban J connectivity index is 1.69. The van der Waals surface area contributed by atoms with Crippen LogP contribution in [0.15, 0.2) is 78.5 Å². The van der Waals surface area contributed by atoms with Crippen molar-refractivity contribution in [3.8, 4) is 0 Å². The highest BCUT2D eigenvalue weighted by atomic mass is 16.2. The van der Waals surface area contributed by atoms with Crippen LogP contribution >= 0.6 is 0 Å². The zero-order valence-electron chi connectivity index (χ0n) is 18.1. The molecule has 1 N–H and O–H groups in total. The third-order valence-corrected chi connectivity index (χ3v) is 5.62. The van der Waals surface area contributed by atoms with Crippen LogP contribution in [0.4, 0.5) is 5.69 Å². The van der Waals surface area contributed by atoms with E-state index < -0.39 is 0 Å². The van der Waals surface area contributed by atoms with Gasteiger partial charge in [0.15, 0.2) is 0 Å². The lowest BCUT2D eigenvalue weighted by molar-refractivity contribution is -0.136. The number of hydrogen-bond donors (Lipinski definition) is 1. The Morgan fingerprint density at radius 2 is 1.45 bits per heavy atom. The van der Waals surface area contributed by atoms with Gasteiger partial charge in [0.25, 0.3) is 11.8 Å². The summed E-state index contributed by atoms with van der Waals surface area (Å²) in [5.41, 5.74) is 6.72. The Kier molecular flexibility index (Phi) is 5.72. The van der Waals surface area contributed by atoms with Crippen molar-refractivity contribution in [3.05, 3.63) is 106 Å². The molecule has 4 nitrogen and oxygen atoms in total. The fourth-order valence-electron chi connectivity index (χ4n) is 3.86. The van der Waals surface area contributed by atoms with Gasteiger partial charge in [-0.15, -0.1) is 0 Å². The second kappa shape index (κ2) is 8.60. The normalized spacial score (nSPS) is 13.8. The van der Waals surface area contributed by atoms with Crippen LogP contribution in [0.25, 0.3) is 5.57 Å². The molecule has 3 aromatic rings. The van der Waals surface area contributed by atoms with E-state index in [9.17, 15) is 9.59 Å². The van der Waals surface area contributed by atoms with Crippen LogP contribution in [0.2, 0.25) is 0 Å². The summed E-state index contributed by atoms with van der Waals surface area (Å²) < 4.78 is 0. The van der Waals surface area contributed by atoms with Crippen molar-refractivity contribution in [2.45, 2.75) is 27.2 Å². The van der Waals surface area contributed by atoms with E-state index in [2.05, 4.69) is 11.4 Å². The van der Waals surface area contributed by atoms with Gasteiger partial charge in [-0.1, -0.05) is 77.9 Å². The van der Waals surface area contributed by atoms with Crippen molar-refractivity contribution in [1.29, 1.82) is 0 Å². The van der Waals surface area contributed by atoms with Crippen molar-refractivity contribution in [2.75, 3.05) is 11.9 Å². The molecular weight excluding hydrogens is 384 g/mol. The quantitative estimate of drug-likeness (QED) is 0.579. The van der Waals surface area contributed by atoms with Gasteiger partial charge in [-0.3, -0.25) is 14.5 Å². The lowest BCUT2D eigenvalue weighted by Crippen LogP contribution is -2.34. The number of imide groups is 1. The molecule has 0 atom stereocenters. The Morgan fingerprint density at radius 1 is 0.774 bits per heavy atom. The third kappa shape index (κ3) is 4.29. The highest BCUT2D eigenvalue weighted by molar-refractivity contribution is 6.36. The number of hydrogen-bond acceptors (Lipinski definition) is 3. The number of carbonyl (C=O) groups excluding carboxylic acids is 2. The smallest absolute Gasteiger partial charge is 0.278 e. The number of aryl methyl sites for hydroxylation is 3. The number of benzene rings is 3. The van der Waals surface area contributed by atoms with E-state index >= 15 is 0 Å². The van der Waals surface area contributed by atoms with E-state index in [4.69, 9.17) is 0 Å². The van der Waals surface area contributed by atoms with E-state index in [-0.39, 0.29) is 11.8 Å². The summed E-state index contributed by atoms with van der Waals surface area (Å²) in [7, 11) is 0. The molecule has 0 saturated carbocycles. The highest BCUT2D eigenvalue weighted by Gasteiger charge is 2.39.